The molecule has 5 heteroatoms. The van der Waals surface area contributed by atoms with Gasteiger partial charge in [0.15, 0.2) is 0 Å². The number of nitrogens with zero attached hydrogens (tertiary/aromatic N) is 4. The van der Waals surface area contributed by atoms with Crippen molar-refractivity contribution in [3.63, 3.8) is 0 Å². The second-order valence-corrected chi connectivity index (χ2v) is 7.39. The van der Waals surface area contributed by atoms with E-state index in [0.29, 0.717) is 11.8 Å². The first kappa shape index (κ1) is 16.5. The van der Waals surface area contributed by atoms with Crippen LogP contribution in [0, 0.1) is 11.8 Å². The van der Waals surface area contributed by atoms with Crippen LogP contribution in [0.2, 0.25) is 0 Å². The minimum Gasteiger partial charge on any atom is -0.343 e. The van der Waals surface area contributed by atoms with Gasteiger partial charge in [0.05, 0.1) is 6.33 Å². The van der Waals surface area contributed by atoms with Crippen molar-refractivity contribution < 1.29 is 4.79 Å². The fourth-order valence-corrected chi connectivity index (χ4v) is 4.05. The predicted molar refractivity (Wildman–Crippen MR) is 91.0 cm³/mol. The molecule has 2 saturated heterocycles. The van der Waals surface area contributed by atoms with Gasteiger partial charge in [-0.2, -0.15) is 0 Å². The first-order chi connectivity index (χ1) is 11.2. The van der Waals surface area contributed by atoms with E-state index in [1.54, 1.807) is 0 Å². The van der Waals surface area contributed by atoms with Crippen molar-refractivity contribution in [3.05, 3.63) is 18.7 Å². The lowest BCUT2D eigenvalue weighted by molar-refractivity contribution is -0.133. The summed E-state index contributed by atoms with van der Waals surface area (Å²) in [6, 6.07) is 0. The van der Waals surface area contributed by atoms with E-state index in [2.05, 4.69) is 26.4 Å². The average Bonchev–Trinajstić information content (AvgIpc) is 3.06. The number of imidazole rings is 1. The number of carbonyl (C=O) groups excluding carboxylic acids is 1. The van der Waals surface area contributed by atoms with Crippen LogP contribution in [-0.4, -0.2) is 58.5 Å². The molecular formula is C18H30N4O. The number of carbonyl (C=O) groups is 1. The Morgan fingerprint density at radius 1 is 1.17 bits per heavy atom. The number of hydrogen-bond acceptors (Lipinski definition) is 3. The summed E-state index contributed by atoms with van der Waals surface area (Å²) in [5.41, 5.74) is 0. The molecule has 2 aliphatic heterocycles. The molecule has 0 bridgehead atoms. The summed E-state index contributed by atoms with van der Waals surface area (Å²) in [6.07, 6.45) is 12.4. The second kappa shape index (κ2) is 7.95. The summed E-state index contributed by atoms with van der Waals surface area (Å²) in [5, 5.41) is 0. The molecule has 2 fully saturated rings. The highest BCUT2D eigenvalue weighted by Gasteiger charge is 2.24. The van der Waals surface area contributed by atoms with E-state index in [-0.39, 0.29) is 0 Å². The van der Waals surface area contributed by atoms with Crippen molar-refractivity contribution >= 4 is 5.91 Å². The van der Waals surface area contributed by atoms with Gasteiger partial charge in [0.1, 0.15) is 0 Å². The molecule has 1 aromatic rings. The summed E-state index contributed by atoms with van der Waals surface area (Å²) in [7, 11) is 2.19. The molecule has 0 radical (unpaired) electrons. The maximum absolute atomic E-state index is 12.4. The van der Waals surface area contributed by atoms with Crippen LogP contribution in [0.25, 0.3) is 0 Å². The van der Waals surface area contributed by atoms with Gasteiger partial charge in [0, 0.05) is 45.0 Å². The van der Waals surface area contributed by atoms with Crippen LogP contribution < -0.4 is 0 Å². The average molecular weight is 318 g/mol. The minimum atomic E-state index is 0.374. The number of likely N-dealkylation sites (tertiary alicyclic amines) is 2. The fraction of sp³-hybridized carbons (Fsp3) is 0.778. The summed E-state index contributed by atoms with van der Waals surface area (Å²) in [5.74, 6) is 1.77. The van der Waals surface area contributed by atoms with Gasteiger partial charge in [0.25, 0.3) is 0 Å². The standard InChI is InChI=1S/C18H30N4O/c1-20-9-2-3-16(13-20)4-5-18(23)22-10-6-17(7-11-22)14-21-12-8-19-15-21/h8,12,15-17H,2-7,9-11,13-14H2,1H3/t16-/m0/s1. The van der Waals surface area contributed by atoms with Gasteiger partial charge < -0.3 is 14.4 Å². The van der Waals surface area contributed by atoms with Crippen LogP contribution in [-0.2, 0) is 11.3 Å². The molecule has 2 aliphatic rings. The number of hydrogen-bond donors (Lipinski definition) is 0. The highest BCUT2D eigenvalue weighted by molar-refractivity contribution is 5.76. The Morgan fingerprint density at radius 3 is 2.70 bits per heavy atom. The normalized spacial score (nSPS) is 24.0. The van der Waals surface area contributed by atoms with E-state index < -0.39 is 0 Å². The first-order valence-electron chi connectivity index (χ1n) is 9.13. The molecule has 0 spiro atoms. The van der Waals surface area contributed by atoms with Crippen LogP contribution >= 0.6 is 0 Å². The molecule has 1 aromatic heterocycles. The Bertz CT molecular complexity index is 479. The van der Waals surface area contributed by atoms with Crippen LogP contribution in [0.5, 0.6) is 0 Å². The van der Waals surface area contributed by atoms with E-state index in [1.165, 1.54) is 25.9 Å². The van der Waals surface area contributed by atoms with Crippen molar-refractivity contribution in [2.45, 2.75) is 45.1 Å². The summed E-state index contributed by atoms with van der Waals surface area (Å²) in [6.45, 7) is 5.29. The maximum atomic E-state index is 12.4. The Morgan fingerprint density at radius 2 is 2.00 bits per heavy atom. The van der Waals surface area contributed by atoms with Gasteiger partial charge >= 0.3 is 0 Å². The molecule has 3 rings (SSSR count). The topological polar surface area (TPSA) is 41.4 Å². The van der Waals surface area contributed by atoms with Gasteiger partial charge in [0.2, 0.25) is 5.91 Å². The second-order valence-electron chi connectivity index (χ2n) is 7.39. The third-order valence-corrected chi connectivity index (χ3v) is 5.48. The molecule has 1 atom stereocenters. The predicted octanol–water partition coefficient (Wildman–Crippen LogP) is 2.24. The highest BCUT2D eigenvalue weighted by atomic mass is 16.2. The van der Waals surface area contributed by atoms with Crippen molar-refractivity contribution in [2.24, 2.45) is 11.8 Å². The lowest BCUT2D eigenvalue weighted by Crippen LogP contribution is -2.39. The zero-order chi connectivity index (χ0) is 16.1. The molecule has 0 unspecified atom stereocenters. The molecule has 128 valence electrons. The van der Waals surface area contributed by atoms with Crippen molar-refractivity contribution in [1.29, 1.82) is 0 Å². The van der Waals surface area contributed by atoms with E-state index in [4.69, 9.17) is 0 Å². The van der Waals surface area contributed by atoms with Gasteiger partial charge in [-0.05, 0) is 57.5 Å². The largest absolute Gasteiger partial charge is 0.343 e. The summed E-state index contributed by atoms with van der Waals surface area (Å²) in [4.78, 5) is 21.0. The molecule has 23 heavy (non-hydrogen) atoms. The third-order valence-electron chi connectivity index (χ3n) is 5.48. The molecule has 0 N–H and O–H groups in total. The Labute approximate surface area is 139 Å². The van der Waals surface area contributed by atoms with Crippen molar-refractivity contribution in [2.75, 3.05) is 33.2 Å². The Kier molecular flexibility index (Phi) is 5.70. The minimum absolute atomic E-state index is 0.374. The molecule has 1 amide bonds. The molecule has 5 nitrogen and oxygen atoms in total. The molecule has 3 heterocycles. The van der Waals surface area contributed by atoms with Gasteiger partial charge in [-0.1, -0.05) is 0 Å². The fourth-order valence-electron chi connectivity index (χ4n) is 4.05. The monoisotopic (exact) mass is 318 g/mol. The number of rotatable bonds is 5. The maximum Gasteiger partial charge on any atom is 0.222 e. The SMILES string of the molecule is CN1CCC[C@@H](CCC(=O)N2CCC(Cn3ccnc3)CC2)C1. The molecule has 0 aromatic carbocycles. The molecule has 0 aliphatic carbocycles. The van der Waals surface area contributed by atoms with Crippen LogP contribution in [0.1, 0.15) is 38.5 Å². The Hall–Kier alpha value is -1.36. The highest BCUT2D eigenvalue weighted by Crippen LogP contribution is 2.23. The van der Waals surface area contributed by atoms with Gasteiger partial charge in [-0.3, -0.25) is 4.79 Å². The lowest BCUT2D eigenvalue weighted by atomic mass is 9.92. The van der Waals surface area contributed by atoms with E-state index >= 15 is 0 Å². The summed E-state index contributed by atoms with van der Waals surface area (Å²) >= 11 is 0. The van der Waals surface area contributed by atoms with Crippen molar-refractivity contribution in [3.8, 4) is 0 Å². The lowest BCUT2D eigenvalue weighted by Gasteiger charge is -2.33. The zero-order valence-corrected chi connectivity index (χ0v) is 14.4. The van der Waals surface area contributed by atoms with E-state index in [0.717, 1.165) is 51.2 Å². The van der Waals surface area contributed by atoms with Gasteiger partial charge in [-0.15, -0.1) is 0 Å². The smallest absolute Gasteiger partial charge is 0.222 e. The van der Waals surface area contributed by atoms with E-state index in [1.807, 2.05) is 18.7 Å². The van der Waals surface area contributed by atoms with E-state index in [9.17, 15) is 4.79 Å². The zero-order valence-electron chi connectivity index (χ0n) is 14.4. The summed E-state index contributed by atoms with van der Waals surface area (Å²) < 4.78 is 2.15. The number of piperidine rings is 2. The van der Waals surface area contributed by atoms with Crippen LogP contribution in [0.4, 0.5) is 0 Å². The third kappa shape index (κ3) is 4.80. The number of amides is 1. The van der Waals surface area contributed by atoms with Gasteiger partial charge in [-0.25, -0.2) is 4.98 Å². The quantitative estimate of drug-likeness (QED) is 0.836. The van der Waals surface area contributed by atoms with Crippen molar-refractivity contribution in [1.82, 2.24) is 19.4 Å². The van der Waals surface area contributed by atoms with Crippen LogP contribution in [0.15, 0.2) is 18.7 Å². The molecular weight excluding hydrogens is 288 g/mol. The van der Waals surface area contributed by atoms with Crippen LogP contribution in [0.3, 0.4) is 0 Å². The number of aromatic nitrogens is 2. The first-order valence-corrected chi connectivity index (χ1v) is 9.13. The molecule has 0 saturated carbocycles. The Balaban J connectivity index is 1.36.